The molecule has 0 saturated carbocycles. The van der Waals surface area contributed by atoms with Gasteiger partial charge in [-0.1, -0.05) is 20.8 Å². The number of fused-ring (bicyclic) bond motifs is 3. The summed E-state index contributed by atoms with van der Waals surface area (Å²) in [5.41, 5.74) is 3.76. The first-order chi connectivity index (χ1) is 19.0. The van der Waals surface area contributed by atoms with Crippen LogP contribution in [-0.4, -0.2) is 56.5 Å². The van der Waals surface area contributed by atoms with E-state index in [0.717, 1.165) is 53.8 Å². The molecule has 2 aliphatic heterocycles. The van der Waals surface area contributed by atoms with Crippen LogP contribution in [0.25, 0.3) is 16.6 Å². The van der Waals surface area contributed by atoms with Crippen molar-refractivity contribution in [2.75, 3.05) is 19.6 Å². The molecule has 1 fully saturated rings. The lowest BCUT2D eigenvalue weighted by Gasteiger charge is -2.31. The summed E-state index contributed by atoms with van der Waals surface area (Å²) >= 11 is 0. The van der Waals surface area contributed by atoms with Crippen LogP contribution in [0.4, 0.5) is 10.5 Å². The number of non-ortho nitro benzene ring substituents is 1. The van der Waals surface area contributed by atoms with Crippen molar-refractivity contribution in [3.8, 4) is 5.69 Å². The van der Waals surface area contributed by atoms with Crippen LogP contribution in [0.15, 0.2) is 42.5 Å². The number of aromatic nitrogens is 1. The molecule has 214 valence electrons. The van der Waals surface area contributed by atoms with Crippen LogP contribution >= 0.6 is 0 Å². The van der Waals surface area contributed by atoms with Crippen LogP contribution in [0.5, 0.6) is 0 Å². The van der Waals surface area contributed by atoms with Gasteiger partial charge in [0, 0.05) is 66.1 Å². The van der Waals surface area contributed by atoms with E-state index in [1.165, 1.54) is 12.1 Å². The summed E-state index contributed by atoms with van der Waals surface area (Å²) in [6.07, 6.45) is 2.23. The summed E-state index contributed by atoms with van der Waals surface area (Å²) in [7, 11) is 0. The van der Waals surface area contributed by atoms with E-state index >= 15 is 0 Å². The molecule has 0 N–H and O–H groups in total. The van der Waals surface area contributed by atoms with E-state index in [1.54, 1.807) is 17.0 Å². The van der Waals surface area contributed by atoms with E-state index < -0.39 is 10.5 Å². The fourth-order valence-electron chi connectivity index (χ4n) is 5.39. The number of likely N-dealkylation sites (tertiary alicyclic amines) is 1. The minimum atomic E-state index is -0.602. The fraction of sp³-hybridized carbons (Fsp3) is 0.484. The number of piperidine rings is 1. The number of nitro groups is 1. The molecule has 0 aliphatic carbocycles. The van der Waals surface area contributed by atoms with Crippen LogP contribution < -0.4 is 0 Å². The first-order valence-corrected chi connectivity index (χ1v) is 14.2. The summed E-state index contributed by atoms with van der Waals surface area (Å²) in [4.78, 5) is 40.7. The monoisotopic (exact) mass is 548 g/mol. The van der Waals surface area contributed by atoms with Gasteiger partial charge in [0.1, 0.15) is 5.60 Å². The molecule has 0 unspecified atom stereocenters. The number of carbonyl (C=O) groups excluding carboxylic acids is 2. The zero-order chi connectivity index (χ0) is 29.2. The fourth-order valence-corrected chi connectivity index (χ4v) is 5.39. The van der Waals surface area contributed by atoms with Crippen LogP contribution in [0.2, 0.25) is 0 Å². The Labute approximate surface area is 235 Å². The lowest BCUT2D eigenvalue weighted by atomic mass is 9.98. The number of nitrogens with zero attached hydrogens (tertiary/aromatic N) is 4. The number of benzene rings is 2. The SMILES string of the molecule is CC.CC1CCN(C(=O)c2ccc3c(c2)c2c(n3-c3ccc([N+](=O)[O-])cc3)CCN(C(=O)OC(C)(C)C)C2)CC1. The Morgan fingerprint density at radius 3 is 2.23 bits per heavy atom. The molecule has 3 heterocycles. The van der Waals surface area contributed by atoms with Gasteiger partial charge in [0.25, 0.3) is 11.6 Å². The van der Waals surface area contributed by atoms with Gasteiger partial charge in [-0.25, -0.2) is 4.79 Å². The normalized spacial score (nSPS) is 15.8. The number of hydrogen-bond acceptors (Lipinski definition) is 5. The third kappa shape index (κ3) is 5.98. The predicted molar refractivity (Wildman–Crippen MR) is 156 cm³/mol. The average molecular weight is 549 g/mol. The second-order valence-electron chi connectivity index (χ2n) is 11.4. The standard InChI is InChI=1S/C29H34N4O5.C2H6/c1-19-11-14-30(15-12-19)27(34)20-5-10-25-23(17-20)24-18-31(28(35)38-29(2,3)4)16-13-26(24)32(25)21-6-8-22(9-7-21)33(36)37;1-2/h5-10,17,19H,11-16,18H2,1-4H3;1-2H3. The van der Waals surface area contributed by atoms with Crippen molar-refractivity contribution in [3.63, 3.8) is 0 Å². The Hall–Kier alpha value is -3.88. The zero-order valence-corrected chi connectivity index (χ0v) is 24.4. The third-order valence-corrected chi connectivity index (χ3v) is 7.44. The summed E-state index contributed by atoms with van der Waals surface area (Å²) in [6.45, 7) is 14.1. The molecule has 0 bridgehead atoms. The van der Waals surface area contributed by atoms with E-state index in [9.17, 15) is 19.7 Å². The van der Waals surface area contributed by atoms with Gasteiger partial charge < -0.3 is 19.1 Å². The summed E-state index contributed by atoms with van der Waals surface area (Å²) in [5.74, 6) is 0.651. The highest BCUT2D eigenvalue weighted by molar-refractivity contribution is 6.00. The van der Waals surface area contributed by atoms with Gasteiger partial charge in [-0.05, 0) is 69.9 Å². The molecule has 9 nitrogen and oxygen atoms in total. The predicted octanol–water partition coefficient (Wildman–Crippen LogP) is 6.73. The minimum absolute atomic E-state index is 0.0236. The number of hydrogen-bond donors (Lipinski definition) is 0. The molecule has 9 heteroatoms. The summed E-state index contributed by atoms with van der Waals surface area (Å²) in [5, 5.41) is 12.1. The van der Waals surface area contributed by atoms with Gasteiger partial charge in [0.2, 0.25) is 0 Å². The molecule has 5 rings (SSSR count). The molecule has 40 heavy (non-hydrogen) atoms. The lowest BCUT2D eigenvalue weighted by Crippen LogP contribution is -2.40. The maximum Gasteiger partial charge on any atom is 0.410 e. The highest BCUT2D eigenvalue weighted by Crippen LogP contribution is 2.35. The largest absolute Gasteiger partial charge is 0.444 e. The van der Waals surface area contributed by atoms with Gasteiger partial charge in [0.15, 0.2) is 0 Å². The van der Waals surface area contributed by atoms with Crippen LogP contribution in [-0.2, 0) is 17.7 Å². The number of ether oxygens (including phenoxy) is 1. The van der Waals surface area contributed by atoms with E-state index in [4.69, 9.17) is 4.74 Å². The van der Waals surface area contributed by atoms with Crippen LogP contribution in [0.3, 0.4) is 0 Å². The van der Waals surface area contributed by atoms with Gasteiger partial charge in [0.05, 0.1) is 17.0 Å². The maximum atomic E-state index is 13.4. The van der Waals surface area contributed by atoms with E-state index in [-0.39, 0.29) is 17.7 Å². The minimum Gasteiger partial charge on any atom is -0.444 e. The highest BCUT2D eigenvalue weighted by atomic mass is 16.6. The molecule has 2 amide bonds. The molecule has 0 atom stereocenters. The number of carbonyl (C=O) groups is 2. The lowest BCUT2D eigenvalue weighted by molar-refractivity contribution is -0.384. The van der Waals surface area contributed by atoms with Gasteiger partial charge >= 0.3 is 6.09 Å². The second-order valence-corrected chi connectivity index (χ2v) is 11.4. The highest BCUT2D eigenvalue weighted by Gasteiger charge is 2.31. The van der Waals surface area contributed by atoms with Gasteiger partial charge in [-0.15, -0.1) is 0 Å². The van der Waals surface area contributed by atoms with Gasteiger partial charge in [-0.2, -0.15) is 0 Å². The molecule has 2 aromatic carbocycles. The zero-order valence-electron chi connectivity index (χ0n) is 24.4. The van der Waals surface area contributed by atoms with Crippen LogP contribution in [0.1, 0.15) is 76.0 Å². The van der Waals surface area contributed by atoms with E-state index in [0.29, 0.717) is 31.0 Å². The Kier molecular flexibility index (Phi) is 8.51. The molecule has 1 saturated heterocycles. The summed E-state index contributed by atoms with van der Waals surface area (Å²) < 4.78 is 7.73. The van der Waals surface area contributed by atoms with Crippen molar-refractivity contribution in [1.29, 1.82) is 0 Å². The van der Waals surface area contributed by atoms with Crippen molar-refractivity contribution in [1.82, 2.24) is 14.4 Å². The molecular formula is C31H40N4O5. The number of nitro benzene ring substituents is 1. The molecule has 1 aromatic heterocycles. The average Bonchev–Trinajstić information content (AvgIpc) is 3.26. The van der Waals surface area contributed by atoms with Gasteiger partial charge in [-0.3, -0.25) is 14.9 Å². The van der Waals surface area contributed by atoms with Crippen molar-refractivity contribution in [2.24, 2.45) is 5.92 Å². The van der Waals surface area contributed by atoms with Crippen molar-refractivity contribution in [2.45, 2.75) is 73.0 Å². The molecule has 0 spiro atoms. The summed E-state index contributed by atoms with van der Waals surface area (Å²) in [6, 6.07) is 12.2. The Morgan fingerprint density at radius 2 is 1.62 bits per heavy atom. The Bertz CT molecular complexity index is 1400. The maximum absolute atomic E-state index is 13.4. The third-order valence-electron chi connectivity index (χ3n) is 7.44. The molecule has 2 aliphatic rings. The Balaban J connectivity index is 0.00000181. The Morgan fingerprint density at radius 1 is 0.975 bits per heavy atom. The molecular weight excluding hydrogens is 508 g/mol. The van der Waals surface area contributed by atoms with Crippen molar-refractivity contribution < 1.29 is 19.2 Å². The van der Waals surface area contributed by atoms with Crippen molar-refractivity contribution in [3.05, 3.63) is 69.4 Å². The van der Waals surface area contributed by atoms with Crippen molar-refractivity contribution >= 4 is 28.6 Å². The first kappa shape index (κ1) is 29.1. The second kappa shape index (κ2) is 11.7. The quantitative estimate of drug-likeness (QED) is 0.267. The molecule has 3 aromatic rings. The first-order valence-electron chi connectivity index (χ1n) is 14.2. The van der Waals surface area contributed by atoms with E-state index in [1.807, 2.05) is 57.7 Å². The number of rotatable bonds is 3. The molecule has 0 radical (unpaired) electrons. The number of amides is 2. The van der Waals surface area contributed by atoms with E-state index in [2.05, 4.69) is 11.5 Å². The topological polar surface area (TPSA) is 97.9 Å². The van der Waals surface area contributed by atoms with Crippen LogP contribution in [0, 0.1) is 16.0 Å². The smallest absolute Gasteiger partial charge is 0.410 e.